The standard InChI is InChI=1S/C32H40FN5O5S/c1-31(20-42-21-31)22-43-30(39)32-16-23(17-34)28(36-26-5-3-25(33)4-6-26)15-24(32)9-10-38(19-32)44(2,40)27-7-8-29(35-18-27)37-11-13-41-14-12-37/h3-8,15,17-18,23,34,40H,9-14,16,19-22H2,1-2H3. The van der Waals surface area contributed by atoms with Crippen molar-refractivity contribution in [1.82, 2.24) is 9.29 Å². The predicted octanol–water partition coefficient (Wildman–Crippen LogP) is 4.88. The van der Waals surface area contributed by atoms with Crippen LogP contribution in [-0.2, 0) is 19.0 Å². The normalized spacial score (nSPS) is 28.2. The lowest BCUT2D eigenvalue weighted by Crippen LogP contribution is -2.54. The predicted molar refractivity (Wildman–Crippen MR) is 169 cm³/mol. The highest BCUT2D eigenvalue weighted by atomic mass is 32.3. The minimum Gasteiger partial charge on any atom is -0.464 e. The summed E-state index contributed by atoms with van der Waals surface area (Å²) in [6.07, 6.45) is 7.58. The van der Waals surface area contributed by atoms with Gasteiger partial charge in [-0.25, -0.2) is 13.7 Å². The lowest BCUT2D eigenvalue weighted by atomic mass is 9.65. The van der Waals surface area contributed by atoms with Crippen LogP contribution in [0.4, 0.5) is 15.9 Å². The third-order valence-electron chi connectivity index (χ3n) is 9.10. The van der Waals surface area contributed by atoms with E-state index in [1.807, 2.05) is 35.7 Å². The number of anilines is 1. The fourth-order valence-corrected chi connectivity index (χ4v) is 8.08. The zero-order valence-corrected chi connectivity index (χ0v) is 26.0. The number of halogens is 1. The van der Waals surface area contributed by atoms with E-state index in [9.17, 15) is 13.7 Å². The number of rotatable bonds is 8. The lowest BCUT2D eigenvalue weighted by Gasteiger charge is -2.52. The van der Waals surface area contributed by atoms with Crippen LogP contribution in [0.15, 0.2) is 64.1 Å². The number of morpholine rings is 1. The number of esters is 1. The summed E-state index contributed by atoms with van der Waals surface area (Å²) in [6, 6.07) is 9.77. The summed E-state index contributed by atoms with van der Waals surface area (Å²) in [5.74, 6) is -0.322. The van der Waals surface area contributed by atoms with Gasteiger partial charge < -0.3 is 29.1 Å². The first-order chi connectivity index (χ1) is 21.1. The van der Waals surface area contributed by atoms with Gasteiger partial charge in [-0.05, 0) is 60.9 Å². The smallest absolute Gasteiger partial charge is 0.317 e. The van der Waals surface area contributed by atoms with E-state index in [4.69, 9.17) is 24.6 Å². The van der Waals surface area contributed by atoms with E-state index in [2.05, 4.69) is 9.88 Å². The van der Waals surface area contributed by atoms with Crippen molar-refractivity contribution in [1.29, 1.82) is 5.41 Å². The number of ether oxygens (including phenoxy) is 3. The van der Waals surface area contributed by atoms with Gasteiger partial charge in [0.05, 0.1) is 32.1 Å². The Hall–Kier alpha value is -3.16. The molecule has 1 aliphatic carbocycles. The molecular formula is C32H40FN5O5S. The minimum atomic E-state index is -2.51. The number of fused-ring (bicyclic) bond motifs is 1. The monoisotopic (exact) mass is 625 g/mol. The maximum Gasteiger partial charge on any atom is 0.317 e. The number of carbonyl (C=O) groups excluding carboxylic acids is 1. The summed E-state index contributed by atoms with van der Waals surface area (Å²) >= 11 is 0. The van der Waals surface area contributed by atoms with Crippen LogP contribution in [-0.4, -0.2) is 97.2 Å². The number of hydrogen-bond donors (Lipinski definition) is 2. The Morgan fingerprint density at radius 1 is 1.20 bits per heavy atom. The highest BCUT2D eigenvalue weighted by Crippen LogP contribution is 2.57. The molecule has 6 rings (SSSR count). The summed E-state index contributed by atoms with van der Waals surface area (Å²) < 4.78 is 44.4. The van der Waals surface area contributed by atoms with Crippen molar-refractivity contribution in [2.45, 2.75) is 24.7 Å². The number of hydrogen-bond acceptors (Lipinski definition) is 10. The van der Waals surface area contributed by atoms with Gasteiger partial charge in [0.2, 0.25) is 0 Å². The summed E-state index contributed by atoms with van der Waals surface area (Å²) in [7, 11) is -2.51. The van der Waals surface area contributed by atoms with Crippen molar-refractivity contribution in [3.05, 3.63) is 60.1 Å². The first-order valence-electron chi connectivity index (χ1n) is 15.0. The van der Waals surface area contributed by atoms with Crippen LogP contribution in [0.5, 0.6) is 0 Å². The van der Waals surface area contributed by atoms with Gasteiger partial charge in [0.15, 0.2) is 0 Å². The Kier molecular flexibility index (Phi) is 8.64. The molecule has 10 nitrogen and oxygen atoms in total. The van der Waals surface area contributed by atoms with Gasteiger partial charge in [-0.1, -0.05) is 17.4 Å². The van der Waals surface area contributed by atoms with Crippen LogP contribution < -0.4 is 4.90 Å². The molecule has 0 radical (unpaired) electrons. The highest BCUT2D eigenvalue weighted by molar-refractivity contribution is 8.26. The molecule has 4 heterocycles. The molecule has 0 spiro atoms. The first kappa shape index (κ1) is 30.8. The summed E-state index contributed by atoms with van der Waals surface area (Å²) in [5.41, 5.74) is 0.820. The van der Waals surface area contributed by atoms with Crippen molar-refractivity contribution in [3.8, 4) is 0 Å². The third kappa shape index (κ3) is 6.05. The summed E-state index contributed by atoms with van der Waals surface area (Å²) in [6.45, 7) is 6.97. The fraction of sp³-hybridized carbons (Fsp3) is 0.500. The quantitative estimate of drug-likeness (QED) is 0.315. The number of nitrogens with one attached hydrogen (secondary N) is 1. The molecule has 44 heavy (non-hydrogen) atoms. The van der Waals surface area contributed by atoms with E-state index in [0.29, 0.717) is 55.7 Å². The van der Waals surface area contributed by atoms with Gasteiger partial charge in [0.1, 0.15) is 23.7 Å². The molecule has 3 saturated heterocycles. The zero-order chi connectivity index (χ0) is 31.0. The maximum absolute atomic E-state index is 14.1. The Morgan fingerprint density at radius 2 is 1.95 bits per heavy atom. The van der Waals surface area contributed by atoms with Crippen LogP contribution in [0.2, 0.25) is 0 Å². The molecule has 2 aromatic rings. The minimum absolute atomic E-state index is 0.222. The second-order valence-electron chi connectivity index (χ2n) is 12.5. The van der Waals surface area contributed by atoms with Crippen molar-refractivity contribution < 1.29 is 27.9 Å². The van der Waals surface area contributed by atoms with E-state index in [0.717, 1.165) is 24.5 Å². The number of allylic oxidation sites excluding steroid dienone is 1. The van der Waals surface area contributed by atoms with E-state index in [1.54, 1.807) is 18.3 Å². The van der Waals surface area contributed by atoms with Crippen molar-refractivity contribution in [2.75, 3.05) is 70.4 Å². The molecule has 0 bridgehead atoms. The van der Waals surface area contributed by atoms with Gasteiger partial charge in [0, 0.05) is 66.8 Å². The van der Waals surface area contributed by atoms with E-state index >= 15 is 0 Å². The second-order valence-corrected chi connectivity index (χ2v) is 15.2. The fourth-order valence-electron chi connectivity index (χ4n) is 6.29. The summed E-state index contributed by atoms with van der Waals surface area (Å²) in [4.78, 5) is 26.4. The Bertz CT molecular complexity index is 1440. The Morgan fingerprint density at radius 3 is 2.59 bits per heavy atom. The number of aliphatic imine (C=N–C) groups is 1. The zero-order valence-electron chi connectivity index (χ0n) is 25.2. The van der Waals surface area contributed by atoms with Crippen LogP contribution in [0, 0.1) is 28.0 Å². The molecule has 2 N–H and O–H groups in total. The first-order valence-corrected chi connectivity index (χ1v) is 16.9. The molecule has 0 amide bonds. The van der Waals surface area contributed by atoms with Gasteiger partial charge in [-0.15, -0.1) is 0 Å². The molecule has 3 fully saturated rings. The van der Waals surface area contributed by atoms with Crippen LogP contribution in [0.25, 0.3) is 0 Å². The SMILES string of the molecule is CC1(COC(=O)C23CC(C=N)C(=Nc4ccc(F)cc4)C=C2CCN(S(C)(O)c2ccc(N4CCOCC4)nc2)C3)COC1. The molecule has 1 aromatic heterocycles. The van der Waals surface area contributed by atoms with Gasteiger partial charge in [-0.2, -0.15) is 0 Å². The van der Waals surface area contributed by atoms with Crippen LogP contribution in [0.3, 0.4) is 0 Å². The average Bonchev–Trinajstić information content (AvgIpc) is 3.03. The van der Waals surface area contributed by atoms with Gasteiger partial charge >= 0.3 is 5.97 Å². The maximum atomic E-state index is 14.1. The molecule has 3 aliphatic heterocycles. The number of pyridine rings is 1. The number of nitrogens with zero attached hydrogens (tertiary/aromatic N) is 4. The molecule has 4 aliphatic rings. The topological polar surface area (TPSA) is 121 Å². The lowest BCUT2D eigenvalue weighted by molar-refractivity contribution is -0.174. The molecule has 236 valence electrons. The largest absolute Gasteiger partial charge is 0.464 e. The van der Waals surface area contributed by atoms with E-state index in [1.165, 1.54) is 18.3 Å². The average molecular weight is 626 g/mol. The number of aromatic nitrogens is 1. The van der Waals surface area contributed by atoms with Crippen LogP contribution in [0.1, 0.15) is 19.8 Å². The highest BCUT2D eigenvalue weighted by Gasteiger charge is 2.53. The Balaban J connectivity index is 1.30. The number of piperidine rings is 1. The number of carbonyl (C=O) groups is 1. The molecular weight excluding hydrogens is 585 g/mol. The second kappa shape index (κ2) is 12.3. The van der Waals surface area contributed by atoms with Crippen molar-refractivity contribution >= 4 is 39.9 Å². The van der Waals surface area contributed by atoms with E-state index in [-0.39, 0.29) is 36.8 Å². The molecule has 3 atom stereocenters. The van der Waals surface area contributed by atoms with E-state index < -0.39 is 21.8 Å². The van der Waals surface area contributed by atoms with Crippen LogP contribution >= 0.6 is 10.5 Å². The molecule has 12 heteroatoms. The van der Waals surface area contributed by atoms with Gasteiger partial charge in [0.25, 0.3) is 0 Å². The van der Waals surface area contributed by atoms with Gasteiger partial charge in [-0.3, -0.25) is 9.79 Å². The molecule has 1 aromatic carbocycles. The number of benzene rings is 1. The van der Waals surface area contributed by atoms with Crippen molar-refractivity contribution in [2.24, 2.45) is 21.7 Å². The Labute approximate surface area is 259 Å². The molecule has 0 saturated carbocycles. The molecule has 3 unspecified atom stereocenters. The van der Waals surface area contributed by atoms with Crippen molar-refractivity contribution in [3.63, 3.8) is 0 Å². The summed E-state index contributed by atoms with van der Waals surface area (Å²) in [5, 5.41) is 8.27. The third-order valence-corrected chi connectivity index (χ3v) is 11.5.